The van der Waals surface area contributed by atoms with Crippen LogP contribution in [0.4, 0.5) is 0 Å². The lowest BCUT2D eigenvalue weighted by molar-refractivity contribution is -0.124. The molecule has 4 rings (SSSR count). The molecular formula is C13H18BrNO. The first-order valence-corrected chi connectivity index (χ1v) is 7.74. The zero-order valence-electron chi connectivity index (χ0n) is 9.42. The minimum atomic E-state index is 0.146. The molecule has 0 aromatic rings. The van der Waals surface area contributed by atoms with Gasteiger partial charge in [-0.25, -0.2) is 0 Å². The van der Waals surface area contributed by atoms with E-state index in [4.69, 9.17) is 0 Å². The van der Waals surface area contributed by atoms with Gasteiger partial charge < -0.3 is 5.32 Å². The number of hydrogen-bond donors (Lipinski definition) is 1. The quantitative estimate of drug-likeness (QED) is 0.792. The molecule has 0 aromatic carbocycles. The van der Waals surface area contributed by atoms with Crippen LogP contribution >= 0.6 is 15.9 Å². The number of hydrogen-bond acceptors (Lipinski definition) is 1. The number of rotatable bonds is 3. The molecule has 16 heavy (non-hydrogen) atoms. The van der Waals surface area contributed by atoms with Gasteiger partial charge in [0.1, 0.15) is 0 Å². The standard InChI is InChI=1S/C13H18BrNO/c14-6-13(3-4-13)15-12(16)11-9-7-1-2-8(5-7)10(9)11/h7-11H,1-6H2,(H,15,16). The van der Waals surface area contributed by atoms with Gasteiger partial charge in [-0.1, -0.05) is 15.9 Å². The van der Waals surface area contributed by atoms with Gasteiger partial charge in [0, 0.05) is 16.8 Å². The summed E-state index contributed by atoms with van der Waals surface area (Å²) in [6, 6.07) is 0. The van der Waals surface area contributed by atoms with Crippen LogP contribution in [0, 0.1) is 29.6 Å². The predicted molar refractivity (Wildman–Crippen MR) is 65.2 cm³/mol. The van der Waals surface area contributed by atoms with Gasteiger partial charge >= 0.3 is 0 Å². The number of alkyl halides is 1. The van der Waals surface area contributed by atoms with Crippen molar-refractivity contribution in [1.82, 2.24) is 5.32 Å². The minimum absolute atomic E-state index is 0.146. The summed E-state index contributed by atoms with van der Waals surface area (Å²) in [5, 5.41) is 4.22. The van der Waals surface area contributed by atoms with Crippen molar-refractivity contribution in [3.63, 3.8) is 0 Å². The zero-order chi connectivity index (χ0) is 10.9. The highest BCUT2D eigenvalue weighted by molar-refractivity contribution is 9.09. The molecule has 88 valence electrons. The molecule has 3 heteroatoms. The average molecular weight is 284 g/mol. The summed E-state index contributed by atoms with van der Waals surface area (Å²) in [5.41, 5.74) is 0.146. The van der Waals surface area contributed by atoms with Gasteiger partial charge in [-0.2, -0.15) is 0 Å². The zero-order valence-corrected chi connectivity index (χ0v) is 11.0. The van der Waals surface area contributed by atoms with Crippen molar-refractivity contribution in [2.45, 2.75) is 37.6 Å². The van der Waals surface area contributed by atoms with Crippen molar-refractivity contribution in [2.75, 3.05) is 5.33 Å². The first-order valence-electron chi connectivity index (χ1n) is 6.62. The Kier molecular flexibility index (Phi) is 1.88. The van der Waals surface area contributed by atoms with E-state index >= 15 is 0 Å². The fourth-order valence-corrected chi connectivity index (χ4v) is 5.16. The summed E-state index contributed by atoms with van der Waals surface area (Å²) in [7, 11) is 0. The molecule has 0 spiro atoms. The van der Waals surface area contributed by atoms with E-state index in [1.54, 1.807) is 0 Å². The Balaban J connectivity index is 1.44. The van der Waals surface area contributed by atoms with E-state index in [0.717, 1.165) is 29.0 Å². The third-order valence-electron chi connectivity index (χ3n) is 5.54. The molecule has 0 radical (unpaired) electrons. The fourth-order valence-electron chi connectivity index (χ4n) is 4.46. The molecule has 0 aliphatic heterocycles. The molecular weight excluding hydrogens is 266 g/mol. The lowest BCUT2D eigenvalue weighted by Gasteiger charge is -2.16. The summed E-state index contributed by atoms with van der Waals surface area (Å²) in [5.74, 6) is 4.16. The van der Waals surface area contributed by atoms with E-state index in [-0.39, 0.29) is 5.54 Å². The summed E-state index contributed by atoms with van der Waals surface area (Å²) in [6.07, 6.45) is 6.57. The van der Waals surface area contributed by atoms with Gasteiger partial charge in [-0.15, -0.1) is 0 Å². The van der Waals surface area contributed by atoms with Gasteiger partial charge in [-0.3, -0.25) is 4.79 Å². The van der Waals surface area contributed by atoms with Gasteiger partial charge in [0.2, 0.25) is 5.91 Å². The highest BCUT2D eigenvalue weighted by Gasteiger charge is 2.68. The van der Waals surface area contributed by atoms with E-state index < -0.39 is 0 Å². The Morgan fingerprint density at radius 2 is 1.88 bits per heavy atom. The monoisotopic (exact) mass is 283 g/mol. The minimum Gasteiger partial charge on any atom is -0.350 e. The molecule has 1 amide bonds. The first kappa shape index (κ1) is 9.93. The van der Waals surface area contributed by atoms with Crippen LogP contribution in [-0.2, 0) is 4.79 Å². The molecule has 4 saturated carbocycles. The second-order valence-corrected chi connectivity index (χ2v) is 6.98. The molecule has 0 saturated heterocycles. The molecule has 0 heterocycles. The Morgan fingerprint density at radius 3 is 2.38 bits per heavy atom. The average Bonchev–Trinajstić information content (AvgIpc) is 3.16. The Bertz CT molecular complexity index is 336. The van der Waals surface area contributed by atoms with Crippen LogP contribution in [0.5, 0.6) is 0 Å². The third kappa shape index (κ3) is 1.21. The van der Waals surface area contributed by atoms with Crippen LogP contribution in [0.25, 0.3) is 0 Å². The van der Waals surface area contributed by atoms with E-state index in [2.05, 4.69) is 21.2 Å². The smallest absolute Gasteiger partial charge is 0.224 e. The van der Waals surface area contributed by atoms with Crippen LogP contribution < -0.4 is 5.32 Å². The first-order chi connectivity index (χ1) is 7.74. The topological polar surface area (TPSA) is 29.1 Å². The highest BCUT2D eigenvalue weighted by atomic mass is 79.9. The lowest BCUT2D eigenvalue weighted by Crippen LogP contribution is -2.40. The maximum Gasteiger partial charge on any atom is 0.224 e. The number of carbonyl (C=O) groups is 1. The summed E-state index contributed by atoms with van der Waals surface area (Å²) < 4.78 is 0. The molecule has 4 aliphatic rings. The van der Waals surface area contributed by atoms with Crippen LogP contribution in [0.2, 0.25) is 0 Å². The number of halogens is 1. The van der Waals surface area contributed by atoms with Crippen LogP contribution in [0.1, 0.15) is 32.1 Å². The maximum atomic E-state index is 12.2. The second kappa shape index (κ2) is 3.04. The van der Waals surface area contributed by atoms with Crippen molar-refractivity contribution in [1.29, 1.82) is 0 Å². The fraction of sp³-hybridized carbons (Fsp3) is 0.923. The molecule has 2 bridgehead atoms. The van der Waals surface area contributed by atoms with E-state index in [0.29, 0.717) is 11.8 Å². The second-order valence-electron chi connectivity index (χ2n) is 6.42. The molecule has 4 fully saturated rings. The van der Waals surface area contributed by atoms with Crippen molar-refractivity contribution < 1.29 is 4.79 Å². The van der Waals surface area contributed by atoms with Crippen molar-refractivity contribution in [3.8, 4) is 0 Å². The number of nitrogens with one attached hydrogen (secondary N) is 1. The summed E-state index contributed by atoms with van der Waals surface area (Å²) >= 11 is 3.51. The largest absolute Gasteiger partial charge is 0.350 e. The van der Waals surface area contributed by atoms with Crippen molar-refractivity contribution >= 4 is 21.8 Å². The number of amides is 1. The SMILES string of the molecule is O=C(NC1(CBr)CC1)C1C2C3CCC(C3)C12. The predicted octanol–water partition coefficient (Wildman–Crippen LogP) is 2.32. The third-order valence-corrected chi connectivity index (χ3v) is 6.61. The van der Waals surface area contributed by atoms with Gasteiger partial charge in [0.05, 0.1) is 0 Å². The Hall–Kier alpha value is -0.0500. The van der Waals surface area contributed by atoms with Crippen LogP contribution in [0.15, 0.2) is 0 Å². The maximum absolute atomic E-state index is 12.2. The van der Waals surface area contributed by atoms with Gasteiger partial charge in [0.25, 0.3) is 0 Å². The molecule has 1 N–H and O–H groups in total. The highest BCUT2D eigenvalue weighted by Crippen LogP contribution is 2.69. The normalized spacial score (nSPS) is 49.9. The van der Waals surface area contributed by atoms with Crippen molar-refractivity contribution in [3.05, 3.63) is 0 Å². The molecule has 4 atom stereocenters. The number of carbonyl (C=O) groups excluding carboxylic acids is 1. The van der Waals surface area contributed by atoms with Crippen LogP contribution in [-0.4, -0.2) is 16.8 Å². The van der Waals surface area contributed by atoms with Gasteiger partial charge in [-0.05, 0) is 55.8 Å². The lowest BCUT2D eigenvalue weighted by atomic mass is 10.0. The van der Waals surface area contributed by atoms with Crippen molar-refractivity contribution in [2.24, 2.45) is 29.6 Å². The Morgan fingerprint density at radius 1 is 1.25 bits per heavy atom. The summed E-state index contributed by atoms with van der Waals surface area (Å²) in [4.78, 5) is 12.2. The van der Waals surface area contributed by atoms with E-state index in [9.17, 15) is 4.79 Å². The molecule has 4 unspecified atom stereocenters. The molecule has 4 aliphatic carbocycles. The van der Waals surface area contributed by atoms with E-state index in [1.165, 1.54) is 32.1 Å². The Labute approximate surface area is 105 Å². The van der Waals surface area contributed by atoms with Gasteiger partial charge in [0.15, 0.2) is 0 Å². The molecule has 2 nitrogen and oxygen atoms in total. The van der Waals surface area contributed by atoms with Crippen LogP contribution in [0.3, 0.4) is 0 Å². The van der Waals surface area contributed by atoms with E-state index in [1.807, 2.05) is 0 Å². The summed E-state index contributed by atoms with van der Waals surface area (Å²) in [6.45, 7) is 0. The number of fused-ring (bicyclic) bond motifs is 5. The molecule has 0 aromatic heterocycles.